The third-order valence-corrected chi connectivity index (χ3v) is 4.83. The van der Waals surface area contributed by atoms with E-state index < -0.39 is 0 Å². The number of aromatic nitrogens is 4. The number of carbonyl (C=O) groups excluding carboxylic acids is 1. The summed E-state index contributed by atoms with van der Waals surface area (Å²) >= 11 is 1.67. The van der Waals surface area contributed by atoms with E-state index in [9.17, 15) is 4.79 Å². The number of amides is 1. The molecule has 0 aliphatic carbocycles. The SMILES string of the molecule is O=C(NCCc1nc2c(s1)COCC2)c1nnn2ccccc12. The van der Waals surface area contributed by atoms with E-state index >= 15 is 0 Å². The minimum Gasteiger partial charge on any atom is -0.375 e. The first-order valence-corrected chi connectivity index (χ1v) is 8.26. The van der Waals surface area contributed by atoms with Gasteiger partial charge in [0.2, 0.25) is 0 Å². The predicted molar refractivity (Wildman–Crippen MR) is 84.5 cm³/mol. The molecule has 0 fully saturated rings. The van der Waals surface area contributed by atoms with Crippen LogP contribution in [0.4, 0.5) is 0 Å². The Kier molecular flexibility index (Phi) is 3.76. The molecule has 118 valence electrons. The minimum atomic E-state index is -0.212. The molecule has 1 amide bonds. The van der Waals surface area contributed by atoms with Crippen LogP contribution >= 0.6 is 11.3 Å². The van der Waals surface area contributed by atoms with Crippen molar-refractivity contribution < 1.29 is 9.53 Å². The van der Waals surface area contributed by atoms with Gasteiger partial charge in [-0.25, -0.2) is 9.50 Å². The third kappa shape index (κ3) is 2.82. The second-order valence-electron chi connectivity index (χ2n) is 5.25. The topological polar surface area (TPSA) is 81.4 Å². The lowest BCUT2D eigenvalue weighted by Gasteiger charge is -2.08. The molecule has 0 saturated heterocycles. The van der Waals surface area contributed by atoms with E-state index in [-0.39, 0.29) is 5.91 Å². The van der Waals surface area contributed by atoms with Gasteiger partial charge in [0.05, 0.1) is 34.3 Å². The van der Waals surface area contributed by atoms with E-state index in [0.717, 1.165) is 23.7 Å². The number of pyridine rings is 1. The molecule has 4 rings (SSSR count). The van der Waals surface area contributed by atoms with Crippen molar-refractivity contribution in [3.8, 4) is 0 Å². The summed E-state index contributed by atoms with van der Waals surface area (Å²) in [6.07, 6.45) is 3.36. The molecular weight excluding hydrogens is 314 g/mol. The Balaban J connectivity index is 1.39. The molecule has 8 heteroatoms. The van der Waals surface area contributed by atoms with Crippen LogP contribution in [0.5, 0.6) is 0 Å². The van der Waals surface area contributed by atoms with Gasteiger partial charge in [0.1, 0.15) is 0 Å². The molecule has 4 heterocycles. The largest absolute Gasteiger partial charge is 0.375 e. The number of thiazole rings is 1. The summed E-state index contributed by atoms with van der Waals surface area (Å²) < 4.78 is 7.01. The van der Waals surface area contributed by atoms with Gasteiger partial charge in [-0.15, -0.1) is 16.4 Å². The Bertz CT molecular complexity index is 833. The standard InChI is InChI=1S/C15H15N5O2S/c21-15(14-11-3-1-2-7-20(11)19-18-14)16-6-4-13-17-10-5-8-22-9-12(10)23-13/h1-3,7H,4-6,8-9H2,(H,16,21). The number of nitrogens with zero attached hydrogens (tertiary/aromatic N) is 4. The molecule has 0 spiro atoms. The Morgan fingerprint density at radius 1 is 1.43 bits per heavy atom. The quantitative estimate of drug-likeness (QED) is 0.778. The van der Waals surface area contributed by atoms with Crippen LogP contribution in [0.3, 0.4) is 0 Å². The lowest BCUT2D eigenvalue weighted by atomic mass is 10.2. The van der Waals surface area contributed by atoms with E-state index in [0.29, 0.717) is 30.8 Å². The zero-order valence-corrected chi connectivity index (χ0v) is 13.2. The van der Waals surface area contributed by atoms with Crippen LogP contribution in [-0.2, 0) is 24.2 Å². The molecular formula is C15H15N5O2S. The molecule has 0 aromatic carbocycles. The Morgan fingerprint density at radius 2 is 2.39 bits per heavy atom. The molecule has 1 N–H and O–H groups in total. The zero-order valence-electron chi connectivity index (χ0n) is 12.4. The van der Waals surface area contributed by atoms with E-state index in [4.69, 9.17) is 4.74 Å². The average Bonchev–Trinajstić information content (AvgIpc) is 3.18. The summed E-state index contributed by atoms with van der Waals surface area (Å²) in [5, 5.41) is 11.8. The fourth-order valence-electron chi connectivity index (χ4n) is 2.56. The summed E-state index contributed by atoms with van der Waals surface area (Å²) in [4.78, 5) is 18.1. The Labute approximate surface area is 136 Å². The van der Waals surface area contributed by atoms with Crippen molar-refractivity contribution >= 4 is 22.8 Å². The zero-order chi connectivity index (χ0) is 15.6. The van der Waals surface area contributed by atoms with Crippen LogP contribution in [0.1, 0.15) is 26.1 Å². The molecule has 1 aliphatic heterocycles. The van der Waals surface area contributed by atoms with Crippen LogP contribution in [0.25, 0.3) is 5.52 Å². The van der Waals surface area contributed by atoms with Gasteiger partial charge < -0.3 is 10.1 Å². The number of rotatable bonds is 4. The van der Waals surface area contributed by atoms with Crippen LogP contribution in [0, 0.1) is 0 Å². The molecule has 0 atom stereocenters. The van der Waals surface area contributed by atoms with Gasteiger partial charge in [-0.2, -0.15) is 0 Å². The van der Waals surface area contributed by atoms with Crippen molar-refractivity contribution in [1.29, 1.82) is 0 Å². The maximum atomic E-state index is 12.2. The van der Waals surface area contributed by atoms with Gasteiger partial charge in [0.25, 0.3) is 5.91 Å². The van der Waals surface area contributed by atoms with Crippen molar-refractivity contribution in [2.45, 2.75) is 19.4 Å². The minimum absolute atomic E-state index is 0.212. The second kappa shape index (κ2) is 6.05. The molecule has 23 heavy (non-hydrogen) atoms. The third-order valence-electron chi connectivity index (χ3n) is 3.70. The molecule has 0 saturated carbocycles. The number of hydrogen-bond donors (Lipinski definition) is 1. The molecule has 0 radical (unpaired) electrons. The van der Waals surface area contributed by atoms with Crippen LogP contribution in [-0.4, -0.2) is 38.9 Å². The van der Waals surface area contributed by atoms with E-state index in [1.807, 2.05) is 18.2 Å². The van der Waals surface area contributed by atoms with Gasteiger partial charge in [-0.05, 0) is 12.1 Å². The van der Waals surface area contributed by atoms with Gasteiger partial charge in [-0.1, -0.05) is 11.3 Å². The first kappa shape index (κ1) is 14.3. The van der Waals surface area contributed by atoms with E-state index in [1.165, 1.54) is 4.88 Å². The van der Waals surface area contributed by atoms with Gasteiger partial charge >= 0.3 is 0 Å². The molecule has 7 nitrogen and oxygen atoms in total. The summed E-state index contributed by atoms with van der Waals surface area (Å²) in [7, 11) is 0. The van der Waals surface area contributed by atoms with Crippen LogP contribution in [0.15, 0.2) is 24.4 Å². The molecule has 3 aromatic rings. The first-order valence-electron chi connectivity index (χ1n) is 7.45. The number of ether oxygens (including phenoxy) is 1. The van der Waals surface area contributed by atoms with Crippen molar-refractivity contribution in [3.05, 3.63) is 45.7 Å². The highest BCUT2D eigenvalue weighted by atomic mass is 32.1. The summed E-state index contributed by atoms with van der Waals surface area (Å²) in [5.41, 5.74) is 2.19. The summed E-state index contributed by atoms with van der Waals surface area (Å²) in [6, 6.07) is 5.53. The maximum Gasteiger partial charge on any atom is 0.274 e. The number of hydrogen-bond acceptors (Lipinski definition) is 6. The number of fused-ring (bicyclic) bond motifs is 2. The lowest BCUT2D eigenvalue weighted by Crippen LogP contribution is -2.26. The van der Waals surface area contributed by atoms with Crippen LogP contribution in [0.2, 0.25) is 0 Å². The average molecular weight is 329 g/mol. The highest BCUT2D eigenvalue weighted by Crippen LogP contribution is 2.23. The first-order chi connectivity index (χ1) is 11.3. The van der Waals surface area contributed by atoms with Crippen molar-refractivity contribution in [2.75, 3.05) is 13.2 Å². The van der Waals surface area contributed by atoms with Gasteiger partial charge in [-0.3, -0.25) is 4.79 Å². The van der Waals surface area contributed by atoms with Crippen LogP contribution < -0.4 is 5.32 Å². The predicted octanol–water partition coefficient (Wildman–Crippen LogP) is 1.23. The Morgan fingerprint density at radius 3 is 3.30 bits per heavy atom. The highest BCUT2D eigenvalue weighted by molar-refractivity contribution is 7.11. The second-order valence-corrected chi connectivity index (χ2v) is 6.42. The van der Waals surface area contributed by atoms with Gasteiger partial charge in [0, 0.05) is 25.6 Å². The summed E-state index contributed by atoms with van der Waals surface area (Å²) in [5.74, 6) is -0.212. The number of nitrogens with one attached hydrogen (secondary N) is 1. The smallest absolute Gasteiger partial charge is 0.274 e. The molecule has 0 unspecified atom stereocenters. The molecule has 3 aromatic heterocycles. The normalized spacial score (nSPS) is 13.9. The summed E-state index contributed by atoms with van der Waals surface area (Å²) in [6.45, 7) is 1.93. The lowest BCUT2D eigenvalue weighted by molar-refractivity contribution is 0.0950. The van der Waals surface area contributed by atoms with Crippen molar-refractivity contribution in [1.82, 2.24) is 25.1 Å². The Hall–Kier alpha value is -2.32. The molecule has 1 aliphatic rings. The van der Waals surface area contributed by atoms with E-state index in [2.05, 4.69) is 20.6 Å². The maximum absolute atomic E-state index is 12.2. The molecule has 0 bridgehead atoms. The highest BCUT2D eigenvalue weighted by Gasteiger charge is 2.17. The van der Waals surface area contributed by atoms with E-state index in [1.54, 1.807) is 22.0 Å². The van der Waals surface area contributed by atoms with Gasteiger partial charge in [0.15, 0.2) is 5.69 Å². The fourth-order valence-corrected chi connectivity index (χ4v) is 3.61. The van der Waals surface area contributed by atoms with Crippen molar-refractivity contribution in [2.24, 2.45) is 0 Å². The number of carbonyl (C=O) groups is 1. The van der Waals surface area contributed by atoms with Crippen molar-refractivity contribution in [3.63, 3.8) is 0 Å². The fraction of sp³-hybridized carbons (Fsp3) is 0.333. The monoisotopic (exact) mass is 329 g/mol.